The fourth-order valence-corrected chi connectivity index (χ4v) is 7.32. The number of amides is 3. The number of likely N-dealkylation sites (N-methyl/N-ethyl adjacent to an activating group) is 1. The van der Waals surface area contributed by atoms with Gasteiger partial charge in [-0.2, -0.15) is 5.10 Å². The Hall–Kier alpha value is -4.70. The van der Waals surface area contributed by atoms with Gasteiger partial charge in [0.15, 0.2) is 23.5 Å². The molecule has 0 saturated carbocycles. The van der Waals surface area contributed by atoms with Gasteiger partial charge in [-0.15, -0.1) is 0 Å². The molecular formula is C36H42ClF2N8O5+. The summed E-state index contributed by atoms with van der Waals surface area (Å²) in [4.78, 5) is 47.4. The van der Waals surface area contributed by atoms with Crippen molar-refractivity contribution in [2.24, 2.45) is 7.05 Å². The van der Waals surface area contributed by atoms with Crippen molar-refractivity contribution in [1.82, 2.24) is 29.1 Å². The van der Waals surface area contributed by atoms with Gasteiger partial charge in [-0.25, -0.2) is 13.8 Å². The zero-order chi connectivity index (χ0) is 37.5. The second-order valence-corrected chi connectivity index (χ2v) is 14.2. The number of aliphatic hydroxyl groups is 1. The number of methoxy groups -OCH3 is 1. The number of imidazole rings is 1. The Balaban J connectivity index is 1.10. The first-order chi connectivity index (χ1) is 24.7. The van der Waals surface area contributed by atoms with Crippen LogP contribution in [-0.2, 0) is 23.1 Å². The largest absolute Gasteiger partial charge is 0.387 e. The molecule has 2 aliphatic rings. The molecule has 0 bridgehead atoms. The number of quaternary nitrogens is 1. The van der Waals surface area contributed by atoms with Crippen molar-refractivity contribution in [3.63, 3.8) is 0 Å². The molecule has 0 aliphatic carbocycles. The van der Waals surface area contributed by atoms with Crippen LogP contribution in [0.2, 0.25) is 5.02 Å². The van der Waals surface area contributed by atoms with Crippen LogP contribution in [0.3, 0.4) is 0 Å². The lowest BCUT2D eigenvalue weighted by atomic mass is 10.0. The smallest absolute Gasteiger partial charge is 0.291 e. The molecule has 2 aromatic heterocycles. The number of nitrogens with one attached hydrogen (secondary N) is 1. The summed E-state index contributed by atoms with van der Waals surface area (Å²) in [5, 5.41) is 17.3. The number of likely N-dealkylation sites (tertiary alicyclic amines) is 1. The first kappa shape index (κ1) is 37.1. The average molecular weight is 740 g/mol. The highest BCUT2D eigenvalue weighted by atomic mass is 35.5. The Kier molecular flexibility index (Phi) is 10.5. The van der Waals surface area contributed by atoms with Gasteiger partial charge < -0.3 is 34.0 Å². The van der Waals surface area contributed by atoms with E-state index in [0.717, 1.165) is 0 Å². The zero-order valence-corrected chi connectivity index (χ0v) is 30.5. The first-order valence-electron chi connectivity index (χ1n) is 16.9. The number of piperazine rings is 1. The minimum Gasteiger partial charge on any atom is -0.387 e. The van der Waals surface area contributed by atoms with Crippen LogP contribution >= 0.6 is 11.6 Å². The molecule has 3 amide bonds. The number of aliphatic hydroxyl groups excluding tert-OH is 1. The highest BCUT2D eigenvalue weighted by Crippen LogP contribution is 2.33. The van der Waals surface area contributed by atoms with E-state index < -0.39 is 23.6 Å². The molecule has 2 aliphatic heterocycles. The number of rotatable bonds is 9. The molecule has 276 valence electrons. The number of ether oxygens (including phenoxy) is 1. The third-order valence-corrected chi connectivity index (χ3v) is 10.3. The number of hydrogen-bond donors (Lipinski definition) is 2. The number of anilines is 1. The number of nitrogens with zero attached hydrogens (tertiary/aromatic N) is 7. The van der Waals surface area contributed by atoms with Crippen LogP contribution in [0.4, 0.5) is 14.5 Å². The number of benzene rings is 2. The fourth-order valence-electron chi connectivity index (χ4n) is 7.06. The second-order valence-electron chi connectivity index (χ2n) is 13.8. The van der Waals surface area contributed by atoms with E-state index in [0.29, 0.717) is 73.7 Å². The molecule has 13 nitrogen and oxygen atoms in total. The van der Waals surface area contributed by atoms with E-state index in [4.69, 9.17) is 16.3 Å². The summed E-state index contributed by atoms with van der Waals surface area (Å²) >= 11 is 6.52. The summed E-state index contributed by atoms with van der Waals surface area (Å²) in [5.41, 5.74) is 1.71. The normalized spacial score (nSPS) is 18.6. The lowest BCUT2D eigenvalue weighted by Gasteiger charge is -2.38. The van der Waals surface area contributed by atoms with Crippen molar-refractivity contribution in [1.29, 1.82) is 0 Å². The second kappa shape index (κ2) is 14.7. The standard InChI is InChI=1S/C36H41ClF2N8O5/c1-21-27(19-46(42-21)14-15-52-5)24-8-9-26(32(39)31(24)38)29-18-40-33(43(29)2)34(49)41-22-6-7-25(28(37)16-22)35(50)44-10-12-45(13-11-44)36(51)30-17-23(48)20-47(30,3)4/h6-9,16,18-19,23,30,48H,10-15,17,20H2,1-5H3/p+1/t23-,30+/m1/s1. The molecule has 16 heteroatoms. The van der Waals surface area contributed by atoms with Crippen LogP contribution in [-0.4, -0.2) is 129 Å². The maximum absolute atomic E-state index is 15.5. The summed E-state index contributed by atoms with van der Waals surface area (Å²) in [5.74, 6) is -3.15. The maximum Gasteiger partial charge on any atom is 0.291 e. The van der Waals surface area contributed by atoms with Crippen LogP contribution in [0.1, 0.15) is 33.1 Å². The van der Waals surface area contributed by atoms with E-state index in [1.54, 1.807) is 40.8 Å². The van der Waals surface area contributed by atoms with Gasteiger partial charge in [-0.1, -0.05) is 17.7 Å². The molecule has 2 aromatic carbocycles. The molecular weight excluding hydrogens is 698 g/mol. The average Bonchev–Trinajstić information content (AvgIpc) is 3.76. The van der Waals surface area contributed by atoms with Crippen molar-refractivity contribution in [2.45, 2.75) is 32.0 Å². The Labute approximate surface area is 304 Å². The Morgan fingerprint density at radius 1 is 1.04 bits per heavy atom. The molecule has 2 atom stereocenters. The van der Waals surface area contributed by atoms with Crippen molar-refractivity contribution in [3.05, 3.63) is 76.5 Å². The number of carbonyl (C=O) groups excluding carboxylic acids is 3. The molecule has 0 unspecified atom stereocenters. The van der Waals surface area contributed by atoms with Gasteiger partial charge in [0, 0.05) is 75.3 Å². The van der Waals surface area contributed by atoms with Crippen LogP contribution in [0.25, 0.3) is 22.4 Å². The lowest BCUT2D eigenvalue weighted by Crippen LogP contribution is -2.58. The van der Waals surface area contributed by atoms with E-state index >= 15 is 8.78 Å². The number of carbonyl (C=O) groups is 3. The monoisotopic (exact) mass is 739 g/mol. The SMILES string of the molecule is COCCn1cc(-c2ccc(-c3cnc(C(=O)Nc4ccc(C(=O)N5CCN(C(=O)[C@@H]6C[C@@H](O)C[N+]6(C)C)CC5)c(Cl)c4)n3C)c(F)c2F)c(C)n1. The van der Waals surface area contributed by atoms with Crippen molar-refractivity contribution in [3.8, 4) is 22.4 Å². The molecule has 4 aromatic rings. The number of hydrogen-bond acceptors (Lipinski definition) is 7. The Bertz CT molecular complexity index is 2020. The number of aromatic nitrogens is 4. The summed E-state index contributed by atoms with van der Waals surface area (Å²) in [6, 6.07) is 7.10. The van der Waals surface area contributed by atoms with Crippen LogP contribution in [0.5, 0.6) is 0 Å². The summed E-state index contributed by atoms with van der Waals surface area (Å²) < 4.78 is 39.4. The molecule has 0 spiro atoms. The van der Waals surface area contributed by atoms with Crippen LogP contribution in [0.15, 0.2) is 42.7 Å². The van der Waals surface area contributed by atoms with Gasteiger partial charge in [0.1, 0.15) is 12.6 Å². The molecule has 0 radical (unpaired) electrons. The van der Waals surface area contributed by atoms with Gasteiger partial charge in [0.2, 0.25) is 0 Å². The first-order valence-corrected chi connectivity index (χ1v) is 17.3. The van der Waals surface area contributed by atoms with Crippen LogP contribution < -0.4 is 5.32 Å². The number of halogens is 3. The van der Waals surface area contributed by atoms with Crippen LogP contribution in [0, 0.1) is 18.6 Å². The highest BCUT2D eigenvalue weighted by molar-refractivity contribution is 6.34. The van der Waals surface area contributed by atoms with Gasteiger partial charge in [0.05, 0.1) is 55.4 Å². The fraction of sp³-hybridized carbons (Fsp3) is 0.417. The Morgan fingerprint density at radius 3 is 2.37 bits per heavy atom. The van der Waals surface area contributed by atoms with E-state index in [-0.39, 0.29) is 51.1 Å². The molecule has 52 heavy (non-hydrogen) atoms. The minimum absolute atomic E-state index is 0.0182. The van der Waals surface area contributed by atoms with E-state index in [2.05, 4.69) is 15.4 Å². The molecule has 2 N–H and O–H groups in total. The quantitative estimate of drug-likeness (QED) is 0.251. The zero-order valence-electron chi connectivity index (χ0n) is 29.7. The molecule has 2 saturated heterocycles. The van der Waals surface area contributed by atoms with Gasteiger partial charge in [-0.3, -0.25) is 19.1 Å². The van der Waals surface area contributed by atoms with Gasteiger partial charge >= 0.3 is 0 Å². The van der Waals surface area contributed by atoms with E-state index in [9.17, 15) is 19.5 Å². The number of aryl methyl sites for hydroxylation is 1. The van der Waals surface area contributed by atoms with Gasteiger partial charge in [0.25, 0.3) is 17.7 Å². The lowest BCUT2D eigenvalue weighted by molar-refractivity contribution is -0.894. The predicted octanol–water partition coefficient (Wildman–Crippen LogP) is 3.58. The Morgan fingerprint density at radius 2 is 1.71 bits per heavy atom. The van der Waals surface area contributed by atoms with Crippen molar-refractivity contribution in [2.75, 3.05) is 65.9 Å². The third-order valence-electron chi connectivity index (χ3n) is 9.95. The predicted molar refractivity (Wildman–Crippen MR) is 190 cm³/mol. The molecule has 2 fully saturated rings. The topological polar surface area (TPSA) is 135 Å². The summed E-state index contributed by atoms with van der Waals surface area (Å²) in [6.07, 6.45) is 2.84. The van der Waals surface area contributed by atoms with E-state index in [1.165, 1.54) is 42.1 Å². The molecule has 6 rings (SSSR count). The van der Waals surface area contributed by atoms with E-state index in [1.807, 2.05) is 14.1 Å². The van der Waals surface area contributed by atoms with Crippen molar-refractivity contribution >= 4 is 35.0 Å². The summed E-state index contributed by atoms with van der Waals surface area (Å²) in [7, 11) is 6.96. The van der Waals surface area contributed by atoms with Crippen molar-refractivity contribution < 1.29 is 37.5 Å². The molecule has 4 heterocycles. The maximum atomic E-state index is 15.5. The minimum atomic E-state index is -1.09. The summed E-state index contributed by atoms with van der Waals surface area (Å²) in [6.45, 7) is 4.51. The highest BCUT2D eigenvalue weighted by Gasteiger charge is 2.46. The van der Waals surface area contributed by atoms with Gasteiger partial charge in [-0.05, 0) is 31.2 Å². The third kappa shape index (κ3) is 7.18.